The molecule has 0 unspecified atom stereocenters. The van der Waals surface area contributed by atoms with Crippen molar-refractivity contribution in [1.29, 1.82) is 0 Å². The van der Waals surface area contributed by atoms with Gasteiger partial charge in [0.1, 0.15) is 5.82 Å². The largest absolute Gasteiger partial charge is 0.417 e. The number of morpholine rings is 1. The quantitative estimate of drug-likeness (QED) is 0.825. The van der Waals surface area contributed by atoms with E-state index >= 15 is 0 Å². The molecule has 2 N–H and O–H groups in total. The van der Waals surface area contributed by atoms with Crippen molar-refractivity contribution in [2.75, 3.05) is 50.2 Å². The second kappa shape index (κ2) is 7.91. The molecule has 2 aliphatic heterocycles. The van der Waals surface area contributed by atoms with E-state index < -0.39 is 11.7 Å². The van der Waals surface area contributed by atoms with Gasteiger partial charge in [-0.1, -0.05) is 6.08 Å². The van der Waals surface area contributed by atoms with E-state index in [1.54, 1.807) is 0 Å². The number of nitrogens with zero attached hydrogens (tertiary/aromatic N) is 5. The summed E-state index contributed by atoms with van der Waals surface area (Å²) < 4.78 is 51.5. The fraction of sp³-hybridized carbons (Fsp3) is 0.444. The maximum Gasteiger partial charge on any atom is 0.417 e. The summed E-state index contributed by atoms with van der Waals surface area (Å²) >= 11 is 0. The minimum atomic E-state index is -4.63. The summed E-state index contributed by atoms with van der Waals surface area (Å²) in [5.41, 5.74) is 5.13. The van der Waals surface area contributed by atoms with Gasteiger partial charge in [0, 0.05) is 19.3 Å². The number of anilines is 2. The summed E-state index contributed by atoms with van der Waals surface area (Å²) in [5.74, 6) is 0.329. The normalized spacial score (nSPS) is 17.9. The monoisotopic (exact) mass is 408 g/mol. The molecule has 4 heterocycles. The van der Waals surface area contributed by atoms with Crippen LogP contribution in [-0.2, 0) is 15.7 Å². The van der Waals surface area contributed by atoms with Gasteiger partial charge in [-0.15, -0.1) is 0 Å². The third kappa shape index (κ3) is 4.30. The lowest BCUT2D eigenvalue weighted by molar-refractivity contribution is -0.137. The second-order valence-electron chi connectivity index (χ2n) is 6.59. The van der Waals surface area contributed by atoms with E-state index in [9.17, 15) is 13.2 Å². The molecule has 0 aliphatic carbocycles. The van der Waals surface area contributed by atoms with Gasteiger partial charge in [0.05, 0.1) is 37.6 Å². The van der Waals surface area contributed by atoms with E-state index in [-0.39, 0.29) is 17.2 Å². The number of hydrogen-bond donors (Lipinski definition) is 1. The molecule has 29 heavy (non-hydrogen) atoms. The Morgan fingerprint density at radius 2 is 1.76 bits per heavy atom. The maximum atomic E-state index is 13.6. The van der Waals surface area contributed by atoms with Crippen LogP contribution in [0.25, 0.3) is 17.0 Å². The van der Waals surface area contributed by atoms with Gasteiger partial charge in [-0.05, 0) is 18.1 Å². The second-order valence-corrected chi connectivity index (χ2v) is 6.59. The Labute approximate surface area is 164 Å². The fourth-order valence-electron chi connectivity index (χ4n) is 3.15. The summed E-state index contributed by atoms with van der Waals surface area (Å²) in [5, 5.41) is 0. The van der Waals surface area contributed by atoms with Gasteiger partial charge in [-0.3, -0.25) is 0 Å². The van der Waals surface area contributed by atoms with Crippen molar-refractivity contribution >= 4 is 17.3 Å². The molecule has 2 aliphatic rings. The molecular weight excluding hydrogens is 389 g/mol. The van der Waals surface area contributed by atoms with Crippen LogP contribution in [0.2, 0.25) is 0 Å². The number of halogens is 3. The molecule has 0 saturated carbocycles. The van der Waals surface area contributed by atoms with Gasteiger partial charge in [-0.2, -0.15) is 23.1 Å². The first-order chi connectivity index (χ1) is 13.9. The van der Waals surface area contributed by atoms with E-state index in [2.05, 4.69) is 19.9 Å². The molecule has 0 amide bonds. The molecule has 0 atom stereocenters. The smallest absolute Gasteiger partial charge is 0.384 e. The average Bonchev–Trinajstić information content (AvgIpc) is 2.74. The Hall–Kier alpha value is -2.79. The summed E-state index contributed by atoms with van der Waals surface area (Å²) in [4.78, 5) is 18.9. The molecule has 4 rings (SSSR count). The molecule has 2 aromatic rings. The highest BCUT2D eigenvalue weighted by Gasteiger charge is 2.35. The summed E-state index contributed by atoms with van der Waals surface area (Å²) in [6.45, 7) is 2.96. The zero-order valence-electron chi connectivity index (χ0n) is 15.4. The lowest BCUT2D eigenvalue weighted by Gasteiger charge is -2.27. The first-order valence-corrected chi connectivity index (χ1v) is 9.11. The highest BCUT2D eigenvalue weighted by Crippen LogP contribution is 2.37. The third-order valence-electron chi connectivity index (χ3n) is 4.64. The fourth-order valence-corrected chi connectivity index (χ4v) is 3.15. The van der Waals surface area contributed by atoms with Crippen molar-refractivity contribution in [3.63, 3.8) is 0 Å². The minimum Gasteiger partial charge on any atom is -0.384 e. The average molecular weight is 408 g/mol. The Morgan fingerprint density at radius 3 is 2.45 bits per heavy atom. The van der Waals surface area contributed by atoms with Crippen LogP contribution in [0.1, 0.15) is 17.8 Å². The van der Waals surface area contributed by atoms with Gasteiger partial charge < -0.3 is 20.1 Å². The van der Waals surface area contributed by atoms with Crippen LogP contribution >= 0.6 is 0 Å². The molecule has 0 spiro atoms. The topological polar surface area (TPSA) is 99.3 Å². The molecule has 0 bridgehead atoms. The van der Waals surface area contributed by atoms with Crippen molar-refractivity contribution in [2.24, 2.45) is 0 Å². The maximum absolute atomic E-state index is 13.6. The van der Waals surface area contributed by atoms with Crippen LogP contribution in [0.5, 0.6) is 0 Å². The number of rotatable bonds is 3. The standard InChI is InChI=1S/C18H19F3N6O2/c19-18(20,21)13-9-14(22)23-10-12(13)16-24-15(11-1-5-28-6-2-11)25-17(26-16)27-3-7-29-8-4-27/h1,9-10H,2-8H2,(H2,22,23). The van der Waals surface area contributed by atoms with Gasteiger partial charge in [0.25, 0.3) is 0 Å². The van der Waals surface area contributed by atoms with E-state index in [0.29, 0.717) is 57.7 Å². The van der Waals surface area contributed by atoms with Gasteiger partial charge in [0.2, 0.25) is 5.95 Å². The van der Waals surface area contributed by atoms with E-state index in [1.807, 2.05) is 11.0 Å². The number of nitrogens with two attached hydrogens (primary N) is 1. The van der Waals surface area contributed by atoms with E-state index in [0.717, 1.165) is 17.8 Å². The Bertz CT molecular complexity index is 928. The number of alkyl halides is 3. The molecule has 8 nitrogen and oxygen atoms in total. The van der Waals surface area contributed by atoms with Gasteiger partial charge >= 0.3 is 6.18 Å². The molecular formula is C18H19F3N6O2. The molecule has 0 radical (unpaired) electrons. The summed E-state index contributed by atoms with van der Waals surface area (Å²) in [6.07, 6.45) is -1.18. The van der Waals surface area contributed by atoms with Crippen molar-refractivity contribution in [3.8, 4) is 11.4 Å². The zero-order valence-corrected chi connectivity index (χ0v) is 15.4. The highest BCUT2D eigenvalue weighted by atomic mass is 19.4. The van der Waals surface area contributed by atoms with E-state index in [4.69, 9.17) is 15.2 Å². The Kier molecular flexibility index (Phi) is 5.33. The number of aromatic nitrogens is 4. The highest BCUT2D eigenvalue weighted by molar-refractivity contribution is 5.67. The SMILES string of the molecule is Nc1cc(C(F)(F)F)c(-c2nc(C3=CCOCC3)nc(N3CCOCC3)n2)cn1. The molecule has 0 aromatic carbocycles. The van der Waals surface area contributed by atoms with Crippen LogP contribution in [-0.4, -0.2) is 59.5 Å². The Morgan fingerprint density at radius 1 is 1.00 bits per heavy atom. The summed E-state index contributed by atoms with van der Waals surface area (Å²) in [6, 6.07) is 0.793. The first-order valence-electron chi connectivity index (χ1n) is 9.11. The first kappa shape index (κ1) is 19.5. The van der Waals surface area contributed by atoms with Crippen LogP contribution in [0.4, 0.5) is 24.9 Å². The molecule has 2 aromatic heterocycles. The van der Waals surface area contributed by atoms with Crippen molar-refractivity contribution in [3.05, 3.63) is 29.7 Å². The number of pyridine rings is 1. The van der Waals surface area contributed by atoms with E-state index in [1.165, 1.54) is 0 Å². The van der Waals surface area contributed by atoms with Gasteiger partial charge in [-0.25, -0.2) is 9.97 Å². The third-order valence-corrected chi connectivity index (χ3v) is 4.64. The zero-order chi connectivity index (χ0) is 20.4. The predicted molar refractivity (Wildman–Crippen MR) is 98.9 cm³/mol. The molecule has 1 saturated heterocycles. The van der Waals surface area contributed by atoms with Crippen LogP contribution in [0.15, 0.2) is 18.3 Å². The predicted octanol–water partition coefficient (Wildman–Crippen LogP) is 2.17. The van der Waals surface area contributed by atoms with Crippen molar-refractivity contribution < 1.29 is 22.6 Å². The lowest BCUT2D eigenvalue weighted by Crippen LogP contribution is -2.37. The molecule has 11 heteroatoms. The minimum absolute atomic E-state index is 0.0938. The Balaban J connectivity index is 1.85. The van der Waals surface area contributed by atoms with Crippen molar-refractivity contribution in [2.45, 2.75) is 12.6 Å². The number of nitrogen functional groups attached to an aromatic ring is 1. The lowest BCUT2D eigenvalue weighted by atomic mass is 10.1. The number of hydrogen-bond acceptors (Lipinski definition) is 8. The van der Waals surface area contributed by atoms with Crippen LogP contribution < -0.4 is 10.6 Å². The molecule has 1 fully saturated rings. The van der Waals surface area contributed by atoms with Crippen molar-refractivity contribution in [1.82, 2.24) is 19.9 Å². The summed E-state index contributed by atoms with van der Waals surface area (Å²) in [7, 11) is 0. The van der Waals surface area contributed by atoms with Gasteiger partial charge in [0.15, 0.2) is 11.6 Å². The number of ether oxygens (including phenoxy) is 2. The van der Waals surface area contributed by atoms with Crippen LogP contribution in [0.3, 0.4) is 0 Å². The van der Waals surface area contributed by atoms with Crippen LogP contribution in [0, 0.1) is 0 Å². The molecule has 154 valence electrons.